The lowest BCUT2D eigenvalue weighted by atomic mass is 10.2. The minimum Gasteiger partial charge on any atom is -0.362 e. The molecule has 1 amide bonds. The highest BCUT2D eigenvalue weighted by molar-refractivity contribution is 7.14. The van der Waals surface area contributed by atoms with Crippen LogP contribution in [0.5, 0.6) is 0 Å². The van der Waals surface area contributed by atoms with Crippen molar-refractivity contribution in [1.29, 1.82) is 0 Å². The fourth-order valence-corrected chi connectivity index (χ4v) is 4.25. The van der Waals surface area contributed by atoms with Crippen molar-refractivity contribution in [2.24, 2.45) is 0 Å². The molecule has 0 saturated carbocycles. The molecular formula is C18H21N3O3S. The van der Waals surface area contributed by atoms with Gasteiger partial charge in [0.25, 0.3) is 11.6 Å². The van der Waals surface area contributed by atoms with Gasteiger partial charge >= 0.3 is 0 Å². The number of hydrogen-bond donors (Lipinski definition) is 0. The van der Waals surface area contributed by atoms with Crippen LogP contribution in [0.3, 0.4) is 0 Å². The summed E-state index contributed by atoms with van der Waals surface area (Å²) in [6.45, 7) is 6.48. The molecule has 1 fully saturated rings. The summed E-state index contributed by atoms with van der Waals surface area (Å²) in [7, 11) is 0. The van der Waals surface area contributed by atoms with Crippen LogP contribution >= 0.6 is 11.3 Å². The standard InChI is InChI=1S/C18H21N3O3S/c1-3-14-12-17(25-13(14)2)18(22)20-10-8-19(9-11-20)15-6-4-5-7-16(15)21(23)24/h4-7,12H,3,8-11H2,1-2H3. The van der Waals surface area contributed by atoms with Crippen LogP contribution < -0.4 is 4.90 Å². The van der Waals surface area contributed by atoms with E-state index in [2.05, 4.69) is 6.92 Å². The summed E-state index contributed by atoms with van der Waals surface area (Å²) in [6.07, 6.45) is 0.932. The van der Waals surface area contributed by atoms with E-state index < -0.39 is 0 Å². The van der Waals surface area contributed by atoms with Crippen molar-refractivity contribution in [3.05, 3.63) is 55.8 Å². The summed E-state index contributed by atoms with van der Waals surface area (Å²) >= 11 is 1.55. The molecule has 132 valence electrons. The van der Waals surface area contributed by atoms with Crippen molar-refractivity contribution in [2.75, 3.05) is 31.1 Å². The van der Waals surface area contributed by atoms with Gasteiger partial charge in [-0.3, -0.25) is 14.9 Å². The maximum atomic E-state index is 12.7. The predicted molar refractivity (Wildman–Crippen MR) is 99.6 cm³/mol. The third kappa shape index (κ3) is 3.51. The quantitative estimate of drug-likeness (QED) is 0.619. The smallest absolute Gasteiger partial charge is 0.292 e. The van der Waals surface area contributed by atoms with E-state index in [-0.39, 0.29) is 16.5 Å². The van der Waals surface area contributed by atoms with E-state index in [0.717, 1.165) is 11.3 Å². The molecule has 0 N–H and O–H groups in total. The van der Waals surface area contributed by atoms with E-state index in [9.17, 15) is 14.9 Å². The molecule has 1 aliphatic rings. The van der Waals surface area contributed by atoms with Gasteiger partial charge in [0.15, 0.2) is 0 Å². The first-order valence-electron chi connectivity index (χ1n) is 8.38. The molecule has 25 heavy (non-hydrogen) atoms. The first-order valence-corrected chi connectivity index (χ1v) is 9.20. The number of nitro groups is 1. The van der Waals surface area contributed by atoms with Gasteiger partial charge in [-0.05, 0) is 31.0 Å². The molecule has 2 heterocycles. The van der Waals surface area contributed by atoms with Gasteiger partial charge in [-0.25, -0.2) is 0 Å². The zero-order valence-electron chi connectivity index (χ0n) is 14.4. The normalized spacial score (nSPS) is 14.6. The van der Waals surface area contributed by atoms with Crippen LogP contribution in [0.15, 0.2) is 30.3 Å². The van der Waals surface area contributed by atoms with Crippen molar-refractivity contribution < 1.29 is 9.72 Å². The number of thiophene rings is 1. The molecule has 0 aliphatic carbocycles. The number of carbonyl (C=O) groups is 1. The highest BCUT2D eigenvalue weighted by Crippen LogP contribution is 2.29. The first kappa shape index (κ1) is 17.4. The van der Waals surface area contributed by atoms with Crippen LogP contribution in [-0.4, -0.2) is 41.9 Å². The largest absolute Gasteiger partial charge is 0.362 e. The molecule has 6 nitrogen and oxygen atoms in total. The van der Waals surface area contributed by atoms with Gasteiger partial charge in [-0.1, -0.05) is 19.1 Å². The Kier molecular flexibility index (Phi) is 5.03. The Balaban J connectivity index is 1.69. The van der Waals surface area contributed by atoms with Crippen molar-refractivity contribution in [1.82, 2.24) is 4.90 Å². The number of carbonyl (C=O) groups excluding carboxylic acids is 1. The number of hydrogen-bond acceptors (Lipinski definition) is 5. The number of anilines is 1. The Labute approximate surface area is 150 Å². The van der Waals surface area contributed by atoms with Crippen molar-refractivity contribution in [2.45, 2.75) is 20.3 Å². The summed E-state index contributed by atoms with van der Waals surface area (Å²) < 4.78 is 0. The highest BCUT2D eigenvalue weighted by Gasteiger charge is 2.26. The monoisotopic (exact) mass is 359 g/mol. The van der Waals surface area contributed by atoms with Gasteiger partial charge in [0.1, 0.15) is 5.69 Å². The Morgan fingerprint density at radius 3 is 2.52 bits per heavy atom. The fourth-order valence-electron chi connectivity index (χ4n) is 3.17. The molecule has 7 heteroatoms. The van der Waals surface area contributed by atoms with E-state index in [4.69, 9.17) is 0 Å². The Morgan fingerprint density at radius 2 is 1.92 bits per heavy atom. The number of rotatable bonds is 4. The molecular weight excluding hydrogens is 338 g/mol. The minimum atomic E-state index is -0.354. The van der Waals surface area contributed by atoms with Gasteiger partial charge in [0.05, 0.1) is 9.80 Å². The molecule has 1 saturated heterocycles. The van der Waals surface area contributed by atoms with Gasteiger partial charge < -0.3 is 9.80 Å². The van der Waals surface area contributed by atoms with Gasteiger partial charge in [0, 0.05) is 37.1 Å². The zero-order chi connectivity index (χ0) is 18.0. The van der Waals surface area contributed by atoms with Crippen LogP contribution in [0.1, 0.15) is 27.0 Å². The lowest BCUT2D eigenvalue weighted by molar-refractivity contribution is -0.384. The SMILES string of the molecule is CCc1cc(C(=O)N2CCN(c3ccccc3[N+](=O)[O-])CC2)sc1C. The number of benzene rings is 1. The number of para-hydroxylation sites is 2. The third-order valence-electron chi connectivity index (χ3n) is 4.60. The van der Waals surface area contributed by atoms with Crippen LogP contribution in [0.2, 0.25) is 0 Å². The van der Waals surface area contributed by atoms with Crippen LogP contribution in [0.4, 0.5) is 11.4 Å². The van der Waals surface area contributed by atoms with Crippen LogP contribution in [-0.2, 0) is 6.42 Å². The highest BCUT2D eigenvalue weighted by atomic mass is 32.1. The maximum absolute atomic E-state index is 12.7. The van der Waals surface area contributed by atoms with E-state index in [1.165, 1.54) is 16.5 Å². The summed E-state index contributed by atoms with van der Waals surface area (Å²) in [5.41, 5.74) is 1.97. The fraction of sp³-hybridized carbons (Fsp3) is 0.389. The summed E-state index contributed by atoms with van der Waals surface area (Å²) in [5.74, 6) is 0.0648. The average molecular weight is 359 g/mol. The second-order valence-electron chi connectivity index (χ2n) is 6.07. The average Bonchev–Trinajstić information content (AvgIpc) is 3.02. The number of nitrogens with zero attached hydrogens (tertiary/aromatic N) is 3. The molecule has 1 aliphatic heterocycles. The lowest BCUT2D eigenvalue weighted by Gasteiger charge is -2.35. The topological polar surface area (TPSA) is 66.7 Å². The molecule has 0 unspecified atom stereocenters. The summed E-state index contributed by atoms with van der Waals surface area (Å²) in [5, 5.41) is 11.2. The van der Waals surface area contributed by atoms with E-state index in [1.807, 2.05) is 22.8 Å². The molecule has 0 spiro atoms. The Hall–Kier alpha value is -2.41. The van der Waals surface area contributed by atoms with Gasteiger partial charge in [-0.2, -0.15) is 0 Å². The van der Waals surface area contributed by atoms with Gasteiger partial charge in [-0.15, -0.1) is 11.3 Å². The van der Waals surface area contributed by atoms with Crippen molar-refractivity contribution in [3.63, 3.8) is 0 Å². The molecule has 0 radical (unpaired) electrons. The Bertz CT molecular complexity index is 795. The zero-order valence-corrected chi connectivity index (χ0v) is 15.2. The van der Waals surface area contributed by atoms with E-state index >= 15 is 0 Å². The second-order valence-corrected chi connectivity index (χ2v) is 7.33. The van der Waals surface area contributed by atoms with E-state index in [0.29, 0.717) is 31.9 Å². The number of aryl methyl sites for hydroxylation is 2. The van der Waals surface area contributed by atoms with Gasteiger partial charge in [0.2, 0.25) is 0 Å². The van der Waals surface area contributed by atoms with Crippen LogP contribution in [0.25, 0.3) is 0 Å². The number of piperazine rings is 1. The second kappa shape index (κ2) is 7.23. The van der Waals surface area contributed by atoms with Crippen molar-refractivity contribution >= 4 is 28.6 Å². The molecule has 1 aromatic heterocycles. The summed E-state index contributed by atoms with van der Waals surface area (Å²) in [6, 6.07) is 8.77. The third-order valence-corrected chi connectivity index (χ3v) is 5.68. The number of amides is 1. The molecule has 3 rings (SSSR count). The van der Waals surface area contributed by atoms with E-state index in [1.54, 1.807) is 29.5 Å². The minimum absolute atomic E-state index is 0.0648. The number of nitro benzene ring substituents is 1. The molecule has 2 aromatic rings. The molecule has 1 aromatic carbocycles. The first-order chi connectivity index (χ1) is 12.0. The Morgan fingerprint density at radius 1 is 1.24 bits per heavy atom. The van der Waals surface area contributed by atoms with Crippen LogP contribution in [0, 0.1) is 17.0 Å². The predicted octanol–water partition coefficient (Wildman–Crippen LogP) is 3.49. The summed E-state index contributed by atoms with van der Waals surface area (Å²) in [4.78, 5) is 29.4. The molecule has 0 bridgehead atoms. The molecule has 0 atom stereocenters. The lowest BCUT2D eigenvalue weighted by Crippen LogP contribution is -2.48. The maximum Gasteiger partial charge on any atom is 0.292 e. The van der Waals surface area contributed by atoms with Crippen molar-refractivity contribution in [3.8, 4) is 0 Å².